The van der Waals surface area contributed by atoms with Crippen LogP contribution in [0, 0.1) is 0 Å². The zero-order chi connectivity index (χ0) is 18.2. The number of nitrogens with zero attached hydrogens (tertiary/aromatic N) is 2. The molecule has 2 aromatic carbocycles. The van der Waals surface area contributed by atoms with Gasteiger partial charge in [-0.15, -0.1) is 0 Å². The Hall–Kier alpha value is -3.34. The molecule has 0 saturated heterocycles. The molecule has 4 aromatic rings. The highest BCUT2D eigenvalue weighted by atomic mass is 16.1. The lowest BCUT2D eigenvalue weighted by Gasteiger charge is -2.11. The van der Waals surface area contributed by atoms with Crippen LogP contribution in [0.5, 0.6) is 0 Å². The van der Waals surface area contributed by atoms with Gasteiger partial charge >= 0.3 is 0 Å². The molecule has 1 amide bonds. The first-order valence-corrected chi connectivity index (χ1v) is 9.30. The third-order valence-electron chi connectivity index (χ3n) is 5.19. The summed E-state index contributed by atoms with van der Waals surface area (Å²) in [5, 5.41) is 8.99. The maximum atomic E-state index is 12.8. The molecule has 2 N–H and O–H groups in total. The Labute approximate surface area is 157 Å². The van der Waals surface area contributed by atoms with Crippen LogP contribution in [0.25, 0.3) is 16.6 Å². The van der Waals surface area contributed by atoms with Crippen molar-refractivity contribution in [3.8, 4) is 5.69 Å². The quantitative estimate of drug-likeness (QED) is 0.580. The van der Waals surface area contributed by atoms with Crippen molar-refractivity contribution in [2.24, 2.45) is 0 Å². The van der Waals surface area contributed by atoms with Gasteiger partial charge in [-0.05, 0) is 43.0 Å². The minimum absolute atomic E-state index is 0.0217. The Bertz CT molecular complexity index is 1120. The number of hydrogen-bond acceptors (Lipinski definition) is 2. The summed E-state index contributed by atoms with van der Waals surface area (Å²) in [6.45, 7) is 0. The molecule has 0 fully saturated rings. The third-order valence-corrected chi connectivity index (χ3v) is 5.19. The van der Waals surface area contributed by atoms with Crippen LogP contribution in [0.15, 0.2) is 60.8 Å². The van der Waals surface area contributed by atoms with Crippen LogP contribution in [0.4, 0.5) is 5.82 Å². The van der Waals surface area contributed by atoms with E-state index in [0.717, 1.165) is 52.9 Å². The second-order valence-corrected chi connectivity index (χ2v) is 6.96. The summed E-state index contributed by atoms with van der Waals surface area (Å²) < 4.78 is 1.87. The van der Waals surface area contributed by atoms with Crippen LogP contribution in [0.1, 0.15) is 23.2 Å². The van der Waals surface area contributed by atoms with E-state index in [-0.39, 0.29) is 5.91 Å². The summed E-state index contributed by atoms with van der Waals surface area (Å²) in [5.74, 6) is 0.796. The minimum Gasteiger partial charge on any atom is -0.361 e. The smallest absolute Gasteiger partial charge is 0.230 e. The van der Waals surface area contributed by atoms with Crippen LogP contribution in [-0.4, -0.2) is 20.7 Å². The van der Waals surface area contributed by atoms with Gasteiger partial charge in [-0.3, -0.25) is 4.79 Å². The molecule has 2 heterocycles. The number of amides is 1. The van der Waals surface area contributed by atoms with Gasteiger partial charge in [0.2, 0.25) is 5.91 Å². The van der Waals surface area contributed by atoms with Crippen molar-refractivity contribution in [2.45, 2.75) is 25.7 Å². The van der Waals surface area contributed by atoms with Crippen LogP contribution in [0.3, 0.4) is 0 Å². The predicted octanol–water partition coefficient (Wildman–Crippen LogP) is 4.02. The lowest BCUT2D eigenvalue weighted by Crippen LogP contribution is -2.18. The normalized spacial score (nSPS) is 13.0. The van der Waals surface area contributed by atoms with E-state index >= 15 is 0 Å². The highest BCUT2D eigenvalue weighted by molar-refractivity contribution is 5.96. The summed E-state index contributed by atoms with van der Waals surface area (Å²) >= 11 is 0. The van der Waals surface area contributed by atoms with Gasteiger partial charge in [0.1, 0.15) is 5.82 Å². The van der Waals surface area contributed by atoms with Gasteiger partial charge < -0.3 is 10.3 Å². The van der Waals surface area contributed by atoms with Crippen molar-refractivity contribution in [1.82, 2.24) is 14.8 Å². The second-order valence-electron chi connectivity index (χ2n) is 6.96. The number of benzene rings is 2. The van der Waals surface area contributed by atoms with Gasteiger partial charge in [0.15, 0.2) is 0 Å². The lowest BCUT2D eigenvalue weighted by atomic mass is 10.1. The minimum atomic E-state index is -0.0217. The van der Waals surface area contributed by atoms with E-state index in [2.05, 4.69) is 10.3 Å². The number of aryl methyl sites for hydroxylation is 1. The lowest BCUT2D eigenvalue weighted by molar-refractivity contribution is -0.115. The number of carbonyl (C=O) groups is 1. The molecule has 0 atom stereocenters. The fraction of sp³-hybridized carbons (Fsp3) is 0.182. The van der Waals surface area contributed by atoms with Gasteiger partial charge in [-0.25, -0.2) is 4.68 Å². The van der Waals surface area contributed by atoms with Gasteiger partial charge in [-0.1, -0.05) is 36.4 Å². The first-order chi connectivity index (χ1) is 13.3. The fourth-order valence-electron chi connectivity index (χ4n) is 3.90. The maximum Gasteiger partial charge on any atom is 0.230 e. The van der Waals surface area contributed by atoms with E-state index < -0.39 is 0 Å². The number of para-hydroxylation sites is 2. The molecule has 1 aliphatic rings. The molecule has 27 heavy (non-hydrogen) atoms. The number of fused-ring (bicyclic) bond motifs is 2. The van der Waals surface area contributed by atoms with E-state index in [1.807, 2.05) is 65.5 Å². The average Bonchev–Trinajstić information content (AvgIpc) is 3.39. The Morgan fingerprint density at radius 1 is 1.07 bits per heavy atom. The molecule has 0 bridgehead atoms. The molecule has 0 radical (unpaired) electrons. The molecule has 0 aliphatic heterocycles. The van der Waals surface area contributed by atoms with Crippen molar-refractivity contribution in [1.29, 1.82) is 0 Å². The standard InChI is InChI=1S/C22H20N4O/c27-21(13-15-14-23-19-11-5-4-9-17(15)19)24-22-18-10-6-12-20(18)25-26(22)16-7-2-1-3-8-16/h1-5,7-9,11,14,23H,6,10,12-13H2,(H,24,27). The highest BCUT2D eigenvalue weighted by Gasteiger charge is 2.24. The van der Waals surface area contributed by atoms with E-state index in [1.165, 1.54) is 5.56 Å². The molecule has 1 aliphatic carbocycles. The number of anilines is 1. The third kappa shape index (κ3) is 2.81. The first kappa shape index (κ1) is 15.9. The number of aromatic nitrogens is 3. The fourth-order valence-corrected chi connectivity index (χ4v) is 3.90. The van der Waals surface area contributed by atoms with Crippen molar-refractivity contribution >= 4 is 22.6 Å². The summed E-state index contributed by atoms with van der Waals surface area (Å²) in [6.07, 6.45) is 5.28. The number of H-pyrrole nitrogens is 1. The van der Waals surface area contributed by atoms with Crippen molar-refractivity contribution in [3.05, 3.63) is 77.6 Å². The molecule has 5 heteroatoms. The Kier molecular flexibility index (Phi) is 3.78. The number of carbonyl (C=O) groups excluding carboxylic acids is 1. The van der Waals surface area contributed by atoms with E-state index in [0.29, 0.717) is 6.42 Å². The molecule has 2 aromatic heterocycles. The predicted molar refractivity (Wildman–Crippen MR) is 106 cm³/mol. The Morgan fingerprint density at radius 2 is 1.89 bits per heavy atom. The summed E-state index contributed by atoms with van der Waals surface area (Å²) in [6, 6.07) is 18.0. The molecule has 5 rings (SSSR count). The molecule has 0 saturated carbocycles. The zero-order valence-corrected chi connectivity index (χ0v) is 14.9. The summed E-state index contributed by atoms with van der Waals surface area (Å²) in [7, 11) is 0. The number of rotatable bonds is 4. The van der Waals surface area contributed by atoms with Crippen LogP contribution in [-0.2, 0) is 24.1 Å². The van der Waals surface area contributed by atoms with E-state index in [4.69, 9.17) is 5.10 Å². The Morgan fingerprint density at radius 3 is 2.78 bits per heavy atom. The van der Waals surface area contributed by atoms with Crippen molar-refractivity contribution < 1.29 is 4.79 Å². The van der Waals surface area contributed by atoms with Gasteiger partial charge in [-0.2, -0.15) is 5.10 Å². The highest BCUT2D eigenvalue weighted by Crippen LogP contribution is 2.31. The SMILES string of the molecule is O=C(Cc1c[nH]c2ccccc12)Nc1c2c(nn1-c1ccccc1)CCC2. The number of hydrogen-bond donors (Lipinski definition) is 2. The van der Waals surface area contributed by atoms with Crippen LogP contribution < -0.4 is 5.32 Å². The Balaban J connectivity index is 1.46. The molecular formula is C22H20N4O. The van der Waals surface area contributed by atoms with Gasteiger partial charge in [0, 0.05) is 22.7 Å². The van der Waals surface area contributed by atoms with Crippen molar-refractivity contribution in [2.75, 3.05) is 5.32 Å². The first-order valence-electron chi connectivity index (χ1n) is 9.30. The van der Waals surface area contributed by atoms with E-state index in [9.17, 15) is 4.79 Å². The number of nitrogens with one attached hydrogen (secondary N) is 2. The summed E-state index contributed by atoms with van der Waals surface area (Å²) in [5.41, 5.74) is 5.29. The zero-order valence-electron chi connectivity index (χ0n) is 14.9. The number of aromatic amines is 1. The molecule has 0 spiro atoms. The van der Waals surface area contributed by atoms with Gasteiger partial charge in [0.25, 0.3) is 0 Å². The van der Waals surface area contributed by atoms with Crippen LogP contribution >= 0.6 is 0 Å². The molecule has 134 valence electrons. The largest absolute Gasteiger partial charge is 0.361 e. The molecular weight excluding hydrogens is 336 g/mol. The maximum absolute atomic E-state index is 12.8. The average molecular weight is 356 g/mol. The van der Waals surface area contributed by atoms with Crippen molar-refractivity contribution in [3.63, 3.8) is 0 Å². The molecule has 5 nitrogen and oxygen atoms in total. The summed E-state index contributed by atoms with van der Waals surface area (Å²) in [4.78, 5) is 16.1. The second kappa shape index (κ2) is 6.43. The monoisotopic (exact) mass is 356 g/mol. The molecule has 0 unspecified atom stereocenters. The van der Waals surface area contributed by atoms with Gasteiger partial charge in [0.05, 0.1) is 17.8 Å². The topological polar surface area (TPSA) is 62.7 Å². The van der Waals surface area contributed by atoms with E-state index in [1.54, 1.807) is 0 Å². The van der Waals surface area contributed by atoms with Crippen LogP contribution in [0.2, 0.25) is 0 Å².